The van der Waals surface area contributed by atoms with Crippen LogP contribution in [0.2, 0.25) is 0 Å². The van der Waals surface area contributed by atoms with Gasteiger partial charge in [0.15, 0.2) is 0 Å². The summed E-state index contributed by atoms with van der Waals surface area (Å²) in [5, 5.41) is 0. The fraction of sp³-hybridized carbons (Fsp3) is 0.611. The molecule has 4 nitrogen and oxygen atoms in total. The molecule has 1 aromatic rings. The molecule has 0 saturated carbocycles. The number of amides is 1. The molecular formula is C18H25FN2O2. The highest BCUT2D eigenvalue weighted by atomic mass is 19.1. The van der Waals surface area contributed by atoms with Gasteiger partial charge < -0.3 is 14.5 Å². The SMILES string of the molecule is CC(C)CN1CCOC[C@]2(CC(=O)N(c3ccc(F)cc3)C2)C1. The van der Waals surface area contributed by atoms with Gasteiger partial charge in [0.05, 0.1) is 13.2 Å². The number of benzene rings is 1. The minimum Gasteiger partial charge on any atom is -0.379 e. The van der Waals surface area contributed by atoms with E-state index in [2.05, 4.69) is 18.7 Å². The van der Waals surface area contributed by atoms with Gasteiger partial charge in [0.25, 0.3) is 0 Å². The van der Waals surface area contributed by atoms with Crippen LogP contribution in [0.15, 0.2) is 24.3 Å². The fourth-order valence-corrected chi connectivity index (χ4v) is 3.71. The molecule has 0 N–H and O–H groups in total. The Morgan fingerprint density at radius 1 is 1.26 bits per heavy atom. The number of anilines is 1. The zero-order valence-corrected chi connectivity index (χ0v) is 13.9. The van der Waals surface area contributed by atoms with Crippen LogP contribution in [0.5, 0.6) is 0 Å². The maximum atomic E-state index is 13.1. The number of halogens is 1. The van der Waals surface area contributed by atoms with Gasteiger partial charge >= 0.3 is 0 Å². The Balaban J connectivity index is 1.77. The molecule has 0 aromatic heterocycles. The lowest BCUT2D eigenvalue weighted by molar-refractivity contribution is -0.118. The second-order valence-corrected chi connectivity index (χ2v) is 7.31. The van der Waals surface area contributed by atoms with Gasteiger partial charge in [-0.15, -0.1) is 0 Å². The Hall–Kier alpha value is -1.46. The van der Waals surface area contributed by atoms with Crippen molar-refractivity contribution in [1.29, 1.82) is 0 Å². The summed E-state index contributed by atoms with van der Waals surface area (Å²) in [5.41, 5.74) is 0.615. The Bertz CT molecular complexity index is 561. The molecule has 2 heterocycles. The van der Waals surface area contributed by atoms with E-state index in [4.69, 9.17) is 4.74 Å². The van der Waals surface area contributed by atoms with Crippen molar-refractivity contribution < 1.29 is 13.9 Å². The molecule has 0 bridgehead atoms. The van der Waals surface area contributed by atoms with Gasteiger partial charge in [-0.3, -0.25) is 4.79 Å². The lowest BCUT2D eigenvalue weighted by Gasteiger charge is -2.32. The van der Waals surface area contributed by atoms with Crippen molar-refractivity contribution in [3.05, 3.63) is 30.1 Å². The normalized spacial score (nSPS) is 26.3. The molecule has 2 aliphatic heterocycles. The first kappa shape index (κ1) is 16.4. The molecule has 23 heavy (non-hydrogen) atoms. The van der Waals surface area contributed by atoms with Crippen molar-refractivity contribution in [3.63, 3.8) is 0 Å². The highest BCUT2D eigenvalue weighted by Crippen LogP contribution is 2.37. The lowest BCUT2D eigenvalue weighted by atomic mass is 9.87. The largest absolute Gasteiger partial charge is 0.379 e. The maximum absolute atomic E-state index is 13.1. The third-order valence-corrected chi connectivity index (χ3v) is 4.60. The first-order chi connectivity index (χ1) is 11.0. The van der Waals surface area contributed by atoms with Crippen molar-refractivity contribution in [2.75, 3.05) is 44.3 Å². The number of carbonyl (C=O) groups is 1. The molecular weight excluding hydrogens is 295 g/mol. The molecule has 0 unspecified atom stereocenters. The zero-order valence-electron chi connectivity index (χ0n) is 13.9. The van der Waals surface area contributed by atoms with Gasteiger partial charge in [0, 0.05) is 43.7 Å². The maximum Gasteiger partial charge on any atom is 0.227 e. The van der Waals surface area contributed by atoms with Crippen molar-refractivity contribution in [1.82, 2.24) is 4.90 Å². The van der Waals surface area contributed by atoms with E-state index in [0.717, 1.165) is 31.9 Å². The molecule has 1 aromatic carbocycles. The van der Waals surface area contributed by atoms with Gasteiger partial charge in [0.2, 0.25) is 5.91 Å². The molecule has 2 fully saturated rings. The summed E-state index contributed by atoms with van der Waals surface area (Å²) in [5.74, 6) is 0.415. The van der Waals surface area contributed by atoms with E-state index < -0.39 is 0 Å². The van der Waals surface area contributed by atoms with Crippen molar-refractivity contribution in [2.45, 2.75) is 20.3 Å². The monoisotopic (exact) mass is 320 g/mol. The van der Waals surface area contributed by atoms with Crippen LogP contribution in [0.1, 0.15) is 20.3 Å². The topological polar surface area (TPSA) is 32.8 Å². The molecule has 2 saturated heterocycles. The van der Waals surface area contributed by atoms with E-state index in [1.807, 2.05) is 0 Å². The summed E-state index contributed by atoms with van der Waals surface area (Å²) in [4.78, 5) is 16.7. The highest BCUT2D eigenvalue weighted by molar-refractivity contribution is 5.96. The minimum atomic E-state index is -0.281. The van der Waals surface area contributed by atoms with Crippen LogP contribution in [-0.2, 0) is 9.53 Å². The first-order valence-corrected chi connectivity index (χ1v) is 8.33. The van der Waals surface area contributed by atoms with Gasteiger partial charge in [-0.25, -0.2) is 4.39 Å². The van der Waals surface area contributed by atoms with Crippen molar-refractivity contribution in [2.24, 2.45) is 11.3 Å². The van der Waals surface area contributed by atoms with Crippen LogP contribution in [0.3, 0.4) is 0 Å². The van der Waals surface area contributed by atoms with Crippen molar-refractivity contribution >= 4 is 11.6 Å². The van der Waals surface area contributed by atoms with E-state index in [9.17, 15) is 9.18 Å². The van der Waals surface area contributed by atoms with E-state index >= 15 is 0 Å². The molecule has 0 radical (unpaired) electrons. The van der Waals surface area contributed by atoms with Crippen LogP contribution in [0.25, 0.3) is 0 Å². The number of hydrogen-bond acceptors (Lipinski definition) is 3. The predicted octanol–water partition coefficient (Wildman–Crippen LogP) is 2.54. The molecule has 3 rings (SSSR count). The molecule has 1 atom stereocenters. The predicted molar refractivity (Wildman–Crippen MR) is 87.9 cm³/mol. The van der Waals surface area contributed by atoms with Gasteiger partial charge in [-0.1, -0.05) is 13.8 Å². The smallest absolute Gasteiger partial charge is 0.227 e. The van der Waals surface area contributed by atoms with Crippen LogP contribution in [0.4, 0.5) is 10.1 Å². The second kappa shape index (κ2) is 6.57. The molecule has 5 heteroatoms. The second-order valence-electron chi connectivity index (χ2n) is 7.31. The standard InChI is InChI=1S/C18H25FN2O2/c1-14(2)10-20-7-8-23-13-18(11-20)9-17(22)21(12-18)16-5-3-15(19)4-6-16/h3-6,14H,7-13H2,1-2H3/t18-/m1/s1. The van der Waals surface area contributed by atoms with Crippen LogP contribution >= 0.6 is 0 Å². The Kier molecular flexibility index (Phi) is 4.69. The summed E-state index contributed by atoms with van der Waals surface area (Å²) < 4.78 is 18.9. The summed E-state index contributed by atoms with van der Waals surface area (Å²) in [6, 6.07) is 6.16. The average molecular weight is 320 g/mol. The third-order valence-electron chi connectivity index (χ3n) is 4.60. The minimum absolute atomic E-state index is 0.103. The molecule has 0 aliphatic carbocycles. The van der Waals surface area contributed by atoms with Crippen LogP contribution in [0, 0.1) is 17.2 Å². The molecule has 1 amide bonds. The van der Waals surface area contributed by atoms with E-state index in [0.29, 0.717) is 25.5 Å². The Morgan fingerprint density at radius 3 is 2.70 bits per heavy atom. The average Bonchev–Trinajstić information content (AvgIpc) is 2.68. The summed E-state index contributed by atoms with van der Waals surface area (Å²) >= 11 is 0. The van der Waals surface area contributed by atoms with E-state index in [1.54, 1.807) is 17.0 Å². The van der Waals surface area contributed by atoms with Crippen LogP contribution < -0.4 is 4.90 Å². The summed E-state index contributed by atoms with van der Waals surface area (Å²) in [7, 11) is 0. The van der Waals surface area contributed by atoms with E-state index in [1.165, 1.54) is 12.1 Å². The number of ether oxygens (including phenoxy) is 1. The summed E-state index contributed by atoms with van der Waals surface area (Å²) in [6.07, 6.45) is 0.499. The number of nitrogens with zero attached hydrogens (tertiary/aromatic N) is 2. The zero-order chi connectivity index (χ0) is 16.4. The van der Waals surface area contributed by atoms with Crippen LogP contribution in [-0.4, -0.2) is 50.2 Å². The van der Waals surface area contributed by atoms with Gasteiger partial charge in [-0.05, 0) is 30.2 Å². The third kappa shape index (κ3) is 3.72. The highest BCUT2D eigenvalue weighted by Gasteiger charge is 2.45. The molecule has 2 aliphatic rings. The lowest BCUT2D eigenvalue weighted by Crippen LogP contribution is -2.42. The fourth-order valence-electron chi connectivity index (χ4n) is 3.71. The summed E-state index contributed by atoms with van der Waals surface area (Å²) in [6.45, 7) is 9.23. The number of carbonyl (C=O) groups excluding carboxylic acids is 1. The number of rotatable bonds is 3. The molecule has 126 valence electrons. The van der Waals surface area contributed by atoms with Gasteiger partial charge in [0.1, 0.15) is 5.82 Å². The first-order valence-electron chi connectivity index (χ1n) is 8.33. The Morgan fingerprint density at radius 2 is 2.00 bits per heavy atom. The van der Waals surface area contributed by atoms with E-state index in [-0.39, 0.29) is 17.1 Å². The van der Waals surface area contributed by atoms with Gasteiger partial charge in [-0.2, -0.15) is 0 Å². The Labute approximate surface area is 137 Å². The molecule has 1 spiro atoms. The number of hydrogen-bond donors (Lipinski definition) is 0. The quantitative estimate of drug-likeness (QED) is 0.858. The van der Waals surface area contributed by atoms with Crippen molar-refractivity contribution in [3.8, 4) is 0 Å².